The fraction of sp³-hybridized carbons (Fsp3) is 0.333. The quantitative estimate of drug-likeness (QED) is 0.741. The topological polar surface area (TPSA) is 38.1 Å². The van der Waals surface area contributed by atoms with Gasteiger partial charge >= 0.3 is 0 Å². The molecule has 0 radical (unpaired) electrons. The molecule has 23 heavy (non-hydrogen) atoms. The summed E-state index contributed by atoms with van der Waals surface area (Å²) in [5.41, 5.74) is 2.43. The summed E-state index contributed by atoms with van der Waals surface area (Å²) in [4.78, 5) is 21.1. The molecule has 0 amide bonds. The lowest BCUT2D eigenvalue weighted by Crippen LogP contribution is -2.30. The van der Waals surface area contributed by atoms with Gasteiger partial charge in [-0.2, -0.15) is 0 Å². The maximum atomic E-state index is 12.6. The van der Waals surface area contributed by atoms with Gasteiger partial charge in [0, 0.05) is 24.5 Å². The molecule has 1 aliphatic heterocycles. The summed E-state index contributed by atoms with van der Waals surface area (Å²) < 4.78 is 1.72. The molecule has 1 unspecified atom stereocenters. The molecule has 4 rings (SSSR count). The summed E-state index contributed by atoms with van der Waals surface area (Å²) in [6.07, 6.45) is 2.34. The van der Waals surface area contributed by atoms with Gasteiger partial charge in [0.2, 0.25) is 0 Å². The summed E-state index contributed by atoms with van der Waals surface area (Å²) in [5.74, 6) is 0. The molecule has 0 spiro atoms. The van der Waals surface area contributed by atoms with Crippen LogP contribution < -0.4 is 5.56 Å². The number of aryl methyl sites for hydroxylation is 1. The average molecular weight is 325 g/mol. The number of nitrogens with zero attached hydrogens (tertiary/aromatic N) is 3. The van der Waals surface area contributed by atoms with Crippen LogP contribution in [0.2, 0.25) is 0 Å². The molecule has 0 N–H and O–H groups in total. The van der Waals surface area contributed by atoms with E-state index < -0.39 is 0 Å². The Hall–Kier alpha value is -1.98. The molecule has 3 heterocycles. The highest BCUT2D eigenvalue weighted by Crippen LogP contribution is 2.35. The fourth-order valence-electron chi connectivity index (χ4n) is 3.45. The molecule has 4 nitrogen and oxygen atoms in total. The van der Waals surface area contributed by atoms with E-state index in [1.54, 1.807) is 15.9 Å². The van der Waals surface area contributed by atoms with Crippen LogP contribution in [0.5, 0.6) is 0 Å². The molecular formula is C18H19N3OS. The van der Waals surface area contributed by atoms with Gasteiger partial charge in [-0.25, -0.2) is 4.98 Å². The Bertz CT molecular complexity index is 885. The van der Waals surface area contributed by atoms with Gasteiger partial charge in [0.25, 0.3) is 5.56 Å². The third-order valence-electron chi connectivity index (χ3n) is 4.64. The Balaban J connectivity index is 1.70. The molecule has 1 aromatic carbocycles. The number of hydrogen-bond acceptors (Lipinski definition) is 4. The summed E-state index contributed by atoms with van der Waals surface area (Å²) in [6, 6.07) is 12.5. The van der Waals surface area contributed by atoms with E-state index in [0.717, 1.165) is 24.0 Å². The van der Waals surface area contributed by atoms with Crippen LogP contribution in [0, 0.1) is 0 Å². The van der Waals surface area contributed by atoms with Crippen molar-refractivity contribution in [3.05, 3.63) is 62.7 Å². The van der Waals surface area contributed by atoms with Crippen molar-refractivity contribution in [2.24, 2.45) is 7.05 Å². The highest BCUT2D eigenvalue weighted by atomic mass is 32.1. The van der Waals surface area contributed by atoms with E-state index in [-0.39, 0.29) is 5.56 Å². The maximum Gasteiger partial charge on any atom is 0.273 e. The molecule has 1 aliphatic rings. The zero-order chi connectivity index (χ0) is 15.8. The Morgan fingerprint density at radius 3 is 2.96 bits per heavy atom. The minimum Gasteiger partial charge on any atom is -0.308 e. The first-order chi connectivity index (χ1) is 11.2. The van der Waals surface area contributed by atoms with Crippen LogP contribution in [-0.4, -0.2) is 21.0 Å². The Kier molecular flexibility index (Phi) is 3.75. The van der Waals surface area contributed by atoms with E-state index in [9.17, 15) is 4.79 Å². The number of rotatable bonds is 3. The van der Waals surface area contributed by atoms with Gasteiger partial charge in [-0.1, -0.05) is 18.2 Å². The second kappa shape index (κ2) is 5.91. The summed E-state index contributed by atoms with van der Waals surface area (Å²) in [6.45, 7) is 1.65. The first-order valence-corrected chi connectivity index (χ1v) is 8.84. The second-order valence-electron chi connectivity index (χ2n) is 6.06. The van der Waals surface area contributed by atoms with Gasteiger partial charge in [-0.3, -0.25) is 9.69 Å². The van der Waals surface area contributed by atoms with Crippen molar-refractivity contribution in [3.8, 4) is 0 Å². The van der Waals surface area contributed by atoms with Crippen molar-refractivity contribution in [2.45, 2.75) is 25.4 Å². The van der Waals surface area contributed by atoms with Crippen LogP contribution in [0.4, 0.5) is 0 Å². The molecule has 3 aromatic rings. The van der Waals surface area contributed by atoms with E-state index in [2.05, 4.69) is 27.4 Å². The molecule has 0 saturated carbocycles. The van der Waals surface area contributed by atoms with Crippen molar-refractivity contribution in [1.82, 2.24) is 14.5 Å². The van der Waals surface area contributed by atoms with Crippen LogP contribution >= 0.6 is 11.3 Å². The number of para-hydroxylation sites is 2. The largest absolute Gasteiger partial charge is 0.308 e. The van der Waals surface area contributed by atoms with E-state index in [0.29, 0.717) is 18.3 Å². The van der Waals surface area contributed by atoms with E-state index in [1.165, 1.54) is 11.3 Å². The van der Waals surface area contributed by atoms with Gasteiger partial charge < -0.3 is 4.57 Å². The van der Waals surface area contributed by atoms with Crippen molar-refractivity contribution < 1.29 is 0 Å². The van der Waals surface area contributed by atoms with E-state index in [1.807, 2.05) is 31.3 Å². The SMILES string of the molecule is Cn1c(=O)c(CN2CCCC2c2cccs2)nc2ccccc21. The predicted octanol–water partition coefficient (Wildman–Crippen LogP) is 3.33. The van der Waals surface area contributed by atoms with Crippen molar-refractivity contribution in [3.63, 3.8) is 0 Å². The molecular weight excluding hydrogens is 306 g/mol. The fourth-order valence-corrected chi connectivity index (χ4v) is 4.35. The minimum absolute atomic E-state index is 0.0144. The summed E-state index contributed by atoms with van der Waals surface area (Å²) in [7, 11) is 1.83. The first-order valence-electron chi connectivity index (χ1n) is 7.96. The number of likely N-dealkylation sites (tertiary alicyclic amines) is 1. The number of hydrogen-bond donors (Lipinski definition) is 0. The van der Waals surface area contributed by atoms with Crippen molar-refractivity contribution in [2.75, 3.05) is 6.54 Å². The predicted molar refractivity (Wildman–Crippen MR) is 93.7 cm³/mol. The molecule has 2 aromatic heterocycles. The first kappa shape index (κ1) is 14.6. The third-order valence-corrected chi connectivity index (χ3v) is 5.61. The molecule has 1 atom stereocenters. The van der Waals surface area contributed by atoms with Gasteiger partial charge in [-0.05, 0) is 43.0 Å². The summed E-state index contributed by atoms with van der Waals surface area (Å²) >= 11 is 1.80. The number of fused-ring (bicyclic) bond motifs is 1. The van der Waals surface area contributed by atoms with Crippen LogP contribution in [0.15, 0.2) is 46.6 Å². The Morgan fingerprint density at radius 1 is 1.26 bits per heavy atom. The molecule has 5 heteroatoms. The minimum atomic E-state index is 0.0144. The molecule has 1 saturated heterocycles. The molecule has 0 bridgehead atoms. The van der Waals surface area contributed by atoms with Gasteiger partial charge in [0.1, 0.15) is 5.69 Å². The van der Waals surface area contributed by atoms with Crippen LogP contribution in [0.25, 0.3) is 11.0 Å². The monoisotopic (exact) mass is 325 g/mol. The van der Waals surface area contributed by atoms with Crippen LogP contribution in [0.1, 0.15) is 29.5 Å². The smallest absolute Gasteiger partial charge is 0.273 e. The Labute approximate surface area is 139 Å². The zero-order valence-electron chi connectivity index (χ0n) is 13.1. The Morgan fingerprint density at radius 2 is 2.13 bits per heavy atom. The zero-order valence-corrected chi connectivity index (χ0v) is 13.9. The lowest BCUT2D eigenvalue weighted by atomic mass is 10.2. The van der Waals surface area contributed by atoms with Gasteiger partial charge in [0.15, 0.2) is 0 Å². The maximum absolute atomic E-state index is 12.6. The highest BCUT2D eigenvalue weighted by Gasteiger charge is 2.28. The van der Waals surface area contributed by atoms with Gasteiger partial charge in [0.05, 0.1) is 11.0 Å². The molecule has 118 valence electrons. The standard InChI is InChI=1S/C18H19N3OS/c1-20-15-7-3-2-6-13(15)19-14(18(20)22)12-21-10-4-8-16(21)17-9-5-11-23-17/h2-3,5-7,9,11,16H,4,8,10,12H2,1H3. The third kappa shape index (κ3) is 2.60. The normalized spacial score (nSPS) is 18.7. The van der Waals surface area contributed by atoms with E-state index >= 15 is 0 Å². The molecule has 1 fully saturated rings. The summed E-state index contributed by atoms with van der Waals surface area (Å²) in [5, 5.41) is 2.12. The van der Waals surface area contributed by atoms with Crippen LogP contribution in [-0.2, 0) is 13.6 Å². The van der Waals surface area contributed by atoms with Crippen LogP contribution in [0.3, 0.4) is 0 Å². The average Bonchev–Trinajstić information content (AvgIpc) is 3.23. The highest BCUT2D eigenvalue weighted by molar-refractivity contribution is 7.10. The molecule has 0 aliphatic carbocycles. The number of thiophene rings is 1. The van der Waals surface area contributed by atoms with Gasteiger partial charge in [-0.15, -0.1) is 11.3 Å². The van der Waals surface area contributed by atoms with E-state index in [4.69, 9.17) is 0 Å². The number of aromatic nitrogens is 2. The van der Waals surface area contributed by atoms with Crippen molar-refractivity contribution >= 4 is 22.4 Å². The second-order valence-corrected chi connectivity index (χ2v) is 7.03. The van der Waals surface area contributed by atoms with Crippen molar-refractivity contribution in [1.29, 1.82) is 0 Å². The lowest BCUT2D eigenvalue weighted by molar-refractivity contribution is 0.247. The number of benzene rings is 1. The lowest BCUT2D eigenvalue weighted by Gasteiger charge is -2.23.